The molecule has 0 bridgehead atoms. The Labute approximate surface area is 140 Å². The van der Waals surface area contributed by atoms with Gasteiger partial charge in [0.15, 0.2) is 11.2 Å². The molecule has 2 aromatic heterocycles. The monoisotopic (exact) mass is 348 g/mol. The van der Waals surface area contributed by atoms with Crippen LogP contribution in [0, 0.1) is 0 Å². The molecule has 0 amide bonds. The highest BCUT2D eigenvalue weighted by atomic mass is 35.5. The van der Waals surface area contributed by atoms with Crippen LogP contribution in [0.4, 0.5) is 0 Å². The van der Waals surface area contributed by atoms with E-state index in [4.69, 9.17) is 16.3 Å². The van der Waals surface area contributed by atoms with Crippen LogP contribution in [0.5, 0.6) is 5.75 Å². The van der Waals surface area contributed by atoms with Gasteiger partial charge in [0.25, 0.3) is 5.56 Å². The third-order valence-corrected chi connectivity index (χ3v) is 3.86. The van der Waals surface area contributed by atoms with Crippen LogP contribution >= 0.6 is 11.6 Å². The number of fused-ring (bicyclic) bond motifs is 1. The maximum absolute atomic E-state index is 12.5. The van der Waals surface area contributed by atoms with Crippen LogP contribution in [-0.2, 0) is 25.4 Å². The zero-order chi connectivity index (χ0) is 17.4. The molecule has 0 aliphatic rings. The smallest absolute Gasteiger partial charge is 0.333 e. The maximum Gasteiger partial charge on any atom is 0.333 e. The Morgan fingerprint density at radius 2 is 1.96 bits per heavy atom. The van der Waals surface area contributed by atoms with E-state index in [1.807, 2.05) is 0 Å². The number of carbonyl (C=O) groups excluding carboxylic acids is 1. The van der Waals surface area contributed by atoms with Crippen LogP contribution in [-0.4, -0.2) is 24.7 Å². The van der Waals surface area contributed by atoms with Gasteiger partial charge in [-0.25, -0.2) is 19.1 Å². The average Bonchev–Trinajstić information content (AvgIpc) is 2.94. The van der Waals surface area contributed by atoms with Crippen molar-refractivity contribution in [3.8, 4) is 5.75 Å². The minimum absolute atomic E-state index is 0.163. The molecule has 1 aromatic carbocycles. The van der Waals surface area contributed by atoms with Gasteiger partial charge in [0, 0.05) is 14.1 Å². The summed E-state index contributed by atoms with van der Waals surface area (Å²) in [4.78, 5) is 40.9. The average molecular weight is 349 g/mol. The standard InChI is InChI=1S/C15H13ClN4O4/c1-18-8-17-13-12(18)14(22)20(15(23)19(13)2)7-11(21)24-10-6-4-3-5-9(10)16/h3-6,8H,7H2,1-2H3. The summed E-state index contributed by atoms with van der Waals surface area (Å²) in [6.07, 6.45) is 1.43. The molecule has 3 rings (SSSR count). The molecule has 0 saturated heterocycles. The molecular weight excluding hydrogens is 336 g/mol. The Hall–Kier alpha value is -2.87. The molecule has 2 heterocycles. The molecule has 0 unspecified atom stereocenters. The van der Waals surface area contributed by atoms with E-state index in [2.05, 4.69) is 4.98 Å². The Kier molecular flexibility index (Phi) is 3.98. The second kappa shape index (κ2) is 5.97. The number of imidazole rings is 1. The van der Waals surface area contributed by atoms with Gasteiger partial charge < -0.3 is 9.30 Å². The number of nitrogens with zero attached hydrogens (tertiary/aromatic N) is 4. The lowest BCUT2D eigenvalue weighted by Crippen LogP contribution is -2.42. The first kappa shape index (κ1) is 16.0. The van der Waals surface area contributed by atoms with Crippen LogP contribution in [0.25, 0.3) is 11.2 Å². The molecule has 0 saturated carbocycles. The number of hydrogen-bond acceptors (Lipinski definition) is 5. The van der Waals surface area contributed by atoms with Crippen LogP contribution in [0.3, 0.4) is 0 Å². The minimum atomic E-state index is -0.774. The fraction of sp³-hybridized carbons (Fsp3) is 0.200. The van der Waals surface area contributed by atoms with E-state index in [-0.39, 0.29) is 21.9 Å². The van der Waals surface area contributed by atoms with Crippen LogP contribution < -0.4 is 16.0 Å². The zero-order valence-electron chi connectivity index (χ0n) is 12.9. The van der Waals surface area contributed by atoms with E-state index in [0.717, 1.165) is 4.57 Å². The Morgan fingerprint density at radius 1 is 1.25 bits per heavy atom. The number of aryl methyl sites for hydroxylation is 2. The lowest BCUT2D eigenvalue weighted by atomic mass is 10.3. The number of esters is 1. The predicted octanol–water partition coefficient (Wildman–Crippen LogP) is 0.693. The fourth-order valence-electron chi connectivity index (χ4n) is 2.35. The van der Waals surface area contributed by atoms with Crippen molar-refractivity contribution in [2.24, 2.45) is 14.1 Å². The molecule has 0 spiro atoms. The summed E-state index contributed by atoms with van der Waals surface area (Å²) in [5.41, 5.74) is -0.780. The van der Waals surface area contributed by atoms with Gasteiger partial charge in [-0.3, -0.25) is 9.36 Å². The van der Waals surface area contributed by atoms with Gasteiger partial charge in [-0.1, -0.05) is 23.7 Å². The van der Waals surface area contributed by atoms with Crippen molar-refractivity contribution in [2.75, 3.05) is 0 Å². The van der Waals surface area contributed by atoms with Gasteiger partial charge >= 0.3 is 11.7 Å². The van der Waals surface area contributed by atoms with Crippen molar-refractivity contribution in [1.82, 2.24) is 18.7 Å². The summed E-state index contributed by atoms with van der Waals surface area (Å²) >= 11 is 5.92. The normalized spacial score (nSPS) is 11.0. The number of carbonyl (C=O) groups is 1. The third kappa shape index (κ3) is 2.61. The molecule has 0 fully saturated rings. The van der Waals surface area contributed by atoms with E-state index >= 15 is 0 Å². The molecule has 0 aliphatic carbocycles. The van der Waals surface area contributed by atoms with Gasteiger partial charge in [-0.2, -0.15) is 0 Å². The summed E-state index contributed by atoms with van der Waals surface area (Å²) in [5.74, 6) is -0.612. The molecule has 0 aliphatic heterocycles. The van der Waals surface area contributed by atoms with Crippen LogP contribution in [0.2, 0.25) is 5.02 Å². The Morgan fingerprint density at radius 3 is 2.67 bits per heavy atom. The highest BCUT2D eigenvalue weighted by Crippen LogP contribution is 2.23. The summed E-state index contributed by atoms with van der Waals surface area (Å²) < 4.78 is 8.63. The van der Waals surface area contributed by atoms with Crippen LogP contribution in [0.1, 0.15) is 0 Å². The lowest BCUT2D eigenvalue weighted by molar-refractivity contribution is -0.135. The molecule has 9 heteroatoms. The zero-order valence-corrected chi connectivity index (χ0v) is 13.6. The number of ether oxygens (including phenoxy) is 1. The number of halogens is 1. The fourth-order valence-corrected chi connectivity index (χ4v) is 2.52. The van der Waals surface area contributed by atoms with Crippen molar-refractivity contribution >= 4 is 28.7 Å². The SMILES string of the molecule is Cn1cnc2c1c(=O)n(CC(=O)Oc1ccccc1Cl)c(=O)n2C. The molecule has 124 valence electrons. The maximum atomic E-state index is 12.5. The topological polar surface area (TPSA) is 88.1 Å². The van der Waals surface area contributed by atoms with Crippen molar-refractivity contribution in [3.05, 3.63) is 56.5 Å². The van der Waals surface area contributed by atoms with E-state index in [1.165, 1.54) is 28.6 Å². The number of rotatable bonds is 3. The van der Waals surface area contributed by atoms with Crippen molar-refractivity contribution in [2.45, 2.75) is 6.54 Å². The molecule has 3 aromatic rings. The van der Waals surface area contributed by atoms with Crippen molar-refractivity contribution in [3.63, 3.8) is 0 Å². The van der Waals surface area contributed by atoms with E-state index in [9.17, 15) is 14.4 Å². The Bertz CT molecular complexity index is 1060. The lowest BCUT2D eigenvalue weighted by Gasteiger charge is -2.09. The molecule has 0 radical (unpaired) electrons. The first-order valence-corrected chi connectivity index (χ1v) is 7.34. The molecule has 0 atom stereocenters. The van der Waals surface area contributed by atoms with Gasteiger partial charge in [0.1, 0.15) is 12.3 Å². The van der Waals surface area contributed by atoms with Gasteiger partial charge in [-0.15, -0.1) is 0 Å². The molecule has 24 heavy (non-hydrogen) atoms. The van der Waals surface area contributed by atoms with Gasteiger partial charge in [0.05, 0.1) is 11.3 Å². The van der Waals surface area contributed by atoms with Crippen molar-refractivity contribution < 1.29 is 9.53 Å². The summed E-state index contributed by atoms with van der Waals surface area (Å²) in [6, 6.07) is 6.43. The second-order valence-corrected chi connectivity index (χ2v) is 5.57. The van der Waals surface area contributed by atoms with Crippen molar-refractivity contribution in [1.29, 1.82) is 0 Å². The van der Waals surface area contributed by atoms with Gasteiger partial charge in [0.2, 0.25) is 0 Å². The van der Waals surface area contributed by atoms with E-state index in [0.29, 0.717) is 0 Å². The van der Waals surface area contributed by atoms with E-state index < -0.39 is 23.8 Å². The number of hydrogen-bond donors (Lipinski definition) is 0. The highest BCUT2D eigenvalue weighted by molar-refractivity contribution is 6.32. The predicted molar refractivity (Wildman–Crippen MR) is 87.3 cm³/mol. The Balaban J connectivity index is 2.00. The quantitative estimate of drug-likeness (QED) is 0.513. The highest BCUT2D eigenvalue weighted by Gasteiger charge is 2.18. The second-order valence-electron chi connectivity index (χ2n) is 5.17. The number of aromatic nitrogens is 4. The molecule has 8 nitrogen and oxygen atoms in total. The molecular formula is C15H13ClN4O4. The first-order valence-electron chi connectivity index (χ1n) is 6.96. The molecule has 0 N–H and O–H groups in total. The minimum Gasteiger partial charge on any atom is -0.424 e. The largest absolute Gasteiger partial charge is 0.424 e. The van der Waals surface area contributed by atoms with E-state index in [1.54, 1.807) is 25.2 Å². The summed E-state index contributed by atoms with van der Waals surface area (Å²) in [6.45, 7) is -0.530. The number of para-hydroxylation sites is 1. The summed E-state index contributed by atoms with van der Waals surface area (Å²) in [7, 11) is 3.11. The van der Waals surface area contributed by atoms with Crippen LogP contribution in [0.15, 0.2) is 40.2 Å². The summed E-state index contributed by atoms with van der Waals surface area (Å²) in [5, 5.41) is 0.258. The number of benzene rings is 1. The first-order chi connectivity index (χ1) is 11.4. The van der Waals surface area contributed by atoms with Gasteiger partial charge in [-0.05, 0) is 12.1 Å². The third-order valence-electron chi connectivity index (χ3n) is 3.55.